The lowest BCUT2D eigenvalue weighted by atomic mass is 10.1. The van der Waals surface area contributed by atoms with Crippen molar-refractivity contribution in [3.8, 4) is 0 Å². The Labute approximate surface area is 156 Å². The maximum Gasteiger partial charge on any atom is 0.243 e. The molecule has 2 heterocycles. The lowest BCUT2D eigenvalue weighted by Crippen LogP contribution is -2.38. The Balaban J connectivity index is 1.79. The molecule has 0 spiro atoms. The van der Waals surface area contributed by atoms with Gasteiger partial charge in [-0.2, -0.15) is 11.3 Å². The molecule has 0 unspecified atom stereocenters. The fourth-order valence-electron chi connectivity index (χ4n) is 3.28. The summed E-state index contributed by atoms with van der Waals surface area (Å²) in [6, 6.07) is 4.31. The molecule has 3 rings (SSSR count). The van der Waals surface area contributed by atoms with Crippen molar-refractivity contribution in [1.29, 1.82) is 0 Å². The van der Waals surface area contributed by atoms with E-state index in [-0.39, 0.29) is 12.6 Å². The first kappa shape index (κ1) is 19.4. The van der Waals surface area contributed by atoms with Gasteiger partial charge >= 0.3 is 0 Å². The van der Waals surface area contributed by atoms with Crippen molar-refractivity contribution < 1.29 is 17.2 Å². The first-order valence-electron chi connectivity index (χ1n) is 8.68. The van der Waals surface area contributed by atoms with Crippen molar-refractivity contribution in [3.63, 3.8) is 0 Å². The van der Waals surface area contributed by atoms with Gasteiger partial charge in [-0.25, -0.2) is 21.9 Å². The van der Waals surface area contributed by atoms with Crippen LogP contribution in [0.3, 0.4) is 0 Å². The molecule has 2 aromatic rings. The molecule has 142 valence electrons. The third-order valence-corrected chi connectivity index (χ3v) is 6.80. The number of nitrogens with one attached hydrogen (secondary N) is 1. The van der Waals surface area contributed by atoms with E-state index in [1.807, 2.05) is 16.8 Å². The summed E-state index contributed by atoms with van der Waals surface area (Å²) in [7, 11) is -4.14. The molecular formula is C18H22F2N2O2S2. The molecule has 4 nitrogen and oxygen atoms in total. The van der Waals surface area contributed by atoms with Crippen LogP contribution in [-0.2, 0) is 10.0 Å². The van der Waals surface area contributed by atoms with Gasteiger partial charge in [0.1, 0.15) is 16.5 Å². The summed E-state index contributed by atoms with van der Waals surface area (Å²) in [5, 5.41) is 3.97. The van der Waals surface area contributed by atoms with Crippen LogP contribution in [0.25, 0.3) is 0 Å². The smallest absolute Gasteiger partial charge is 0.243 e. The summed E-state index contributed by atoms with van der Waals surface area (Å²) in [5.74, 6) is -1.74. The zero-order chi connectivity index (χ0) is 18.6. The highest BCUT2D eigenvalue weighted by Crippen LogP contribution is 2.26. The number of halogens is 2. The van der Waals surface area contributed by atoms with Crippen molar-refractivity contribution >= 4 is 21.4 Å². The Morgan fingerprint density at radius 1 is 1.12 bits per heavy atom. The topological polar surface area (TPSA) is 49.4 Å². The van der Waals surface area contributed by atoms with Crippen molar-refractivity contribution in [2.45, 2.75) is 36.6 Å². The molecule has 0 bridgehead atoms. The Kier molecular flexibility index (Phi) is 6.39. The molecule has 1 aromatic heterocycles. The van der Waals surface area contributed by atoms with Gasteiger partial charge in [-0.1, -0.05) is 12.8 Å². The Morgan fingerprint density at radius 3 is 2.50 bits per heavy atom. The van der Waals surface area contributed by atoms with Crippen LogP contribution in [0.1, 0.15) is 37.3 Å². The quantitative estimate of drug-likeness (QED) is 0.800. The van der Waals surface area contributed by atoms with Gasteiger partial charge < -0.3 is 0 Å². The molecule has 1 N–H and O–H groups in total. The first-order chi connectivity index (χ1) is 12.5. The standard InChI is InChI=1S/C18H22F2N2O2S2/c19-15-5-6-16(20)18(11-15)26(23,24)21-12-17(14-7-10-25-13-14)22-8-3-1-2-4-9-22/h5-7,10-11,13,17,21H,1-4,8-9,12H2/t17-/m0/s1. The number of rotatable bonds is 6. The Hall–Kier alpha value is -1.35. The molecule has 1 aliphatic rings. The van der Waals surface area contributed by atoms with Crippen LogP contribution in [0, 0.1) is 11.6 Å². The lowest BCUT2D eigenvalue weighted by molar-refractivity contribution is 0.206. The molecule has 0 aliphatic carbocycles. The van der Waals surface area contributed by atoms with Gasteiger partial charge in [0.15, 0.2) is 0 Å². The second-order valence-electron chi connectivity index (χ2n) is 6.45. The van der Waals surface area contributed by atoms with Crippen LogP contribution >= 0.6 is 11.3 Å². The zero-order valence-corrected chi connectivity index (χ0v) is 16.0. The van der Waals surface area contributed by atoms with E-state index in [1.165, 1.54) is 12.8 Å². The number of nitrogens with zero attached hydrogens (tertiary/aromatic N) is 1. The van der Waals surface area contributed by atoms with Gasteiger partial charge in [0.2, 0.25) is 10.0 Å². The maximum absolute atomic E-state index is 13.9. The zero-order valence-electron chi connectivity index (χ0n) is 14.3. The van der Waals surface area contributed by atoms with Gasteiger partial charge in [-0.3, -0.25) is 4.90 Å². The highest BCUT2D eigenvalue weighted by Gasteiger charge is 2.26. The van der Waals surface area contributed by atoms with Crippen molar-refractivity contribution in [2.75, 3.05) is 19.6 Å². The molecule has 1 aliphatic heterocycles. The van der Waals surface area contributed by atoms with Gasteiger partial charge in [0, 0.05) is 12.6 Å². The van der Waals surface area contributed by atoms with E-state index in [9.17, 15) is 17.2 Å². The predicted molar refractivity (Wildman–Crippen MR) is 98.6 cm³/mol. The SMILES string of the molecule is O=S(=O)(NC[C@@H](c1ccsc1)N1CCCCCC1)c1cc(F)ccc1F. The van der Waals surface area contributed by atoms with Crippen molar-refractivity contribution in [3.05, 3.63) is 52.2 Å². The summed E-state index contributed by atoms with van der Waals surface area (Å²) < 4.78 is 54.7. The van der Waals surface area contributed by atoms with Crippen LogP contribution in [0.15, 0.2) is 39.9 Å². The predicted octanol–water partition coefficient (Wildman–Crippen LogP) is 3.92. The monoisotopic (exact) mass is 400 g/mol. The summed E-state index contributed by atoms with van der Waals surface area (Å²) >= 11 is 1.56. The average molecular weight is 401 g/mol. The average Bonchev–Trinajstić information content (AvgIpc) is 3.00. The van der Waals surface area contributed by atoms with Gasteiger partial charge in [-0.15, -0.1) is 0 Å². The van der Waals surface area contributed by atoms with E-state index in [4.69, 9.17) is 0 Å². The Morgan fingerprint density at radius 2 is 1.85 bits per heavy atom. The van der Waals surface area contributed by atoms with E-state index in [0.717, 1.165) is 43.6 Å². The highest BCUT2D eigenvalue weighted by atomic mass is 32.2. The van der Waals surface area contributed by atoms with E-state index in [1.54, 1.807) is 11.3 Å². The number of thiophene rings is 1. The summed E-state index contributed by atoms with van der Waals surface area (Å²) in [5.41, 5.74) is 1.04. The summed E-state index contributed by atoms with van der Waals surface area (Å²) in [6.07, 6.45) is 4.50. The fourth-order valence-corrected chi connectivity index (χ4v) is 5.11. The first-order valence-corrected chi connectivity index (χ1v) is 11.1. The molecular weight excluding hydrogens is 378 g/mol. The number of hydrogen-bond donors (Lipinski definition) is 1. The van der Waals surface area contributed by atoms with Gasteiger partial charge in [0.05, 0.1) is 0 Å². The highest BCUT2D eigenvalue weighted by molar-refractivity contribution is 7.89. The van der Waals surface area contributed by atoms with Gasteiger partial charge in [0.25, 0.3) is 0 Å². The molecule has 1 atom stereocenters. The lowest BCUT2D eigenvalue weighted by Gasteiger charge is -2.30. The van der Waals surface area contributed by atoms with Crippen molar-refractivity contribution in [1.82, 2.24) is 9.62 Å². The number of sulfonamides is 1. The third-order valence-electron chi connectivity index (χ3n) is 4.66. The van der Waals surface area contributed by atoms with Crippen molar-refractivity contribution in [2.24, 2.45) is 0 Å². The molecule has 0 amide bonds. The van der Waals surface area contributed by atoms with Crippen LogP contribution in [-0.4, -0.2) is 33.0 Å². The van der Waals surface area contributed by atoms with Crippen LogP contribution in [0.5, 0.6) is 0 Å². The minimum absolute atomic E-state index is 0.120. The van der Waals surface area contributed by atoms with E-state index >= 15 is 0 Å². The normalized spacial score (nSPS) is 17.8. The summed E-state index contributed by atoms with van der Waals surface area (Å²) in [4.78, 5) is 1.62. The maximum atomic E-state index is 13.9. The number of benzene rings is 1. The Bertz CT molecular complexity index is 818. The van der Waals surface area contributed by atoms with Crippen LogP contribution in [0.4, 0.5) is 8.78 Å². The third kappa shape index (κ3) is 4.68. The minimum atomic E-state index is -4.14. The molecule has 26 heavy (non-hydrogen) atoms. The molecule has 1 saturated heterocycles. The second kappa shape index (κ2) is 8.56. The number of likely N-dealkylation sites (tertiary alicyclic amines) is 1. The molecule has 8 heteroatoms. The molecule has 1 fully saturated rings. The minimum Gasteiger partial charge on any atom is -0.295 e. The number of hydrogen-bond acceptors (Lipinski definition) is 4. The van der Waals surface area contributed by atoms with Crippen LogP contribution in [0.2, 0.25) is 0 Å². The second-order valence-corrected chi connectivity index (χ2v) is 8.96. The van der Waals surface area contributed by atoms with Gasteiger partial charge in [-0.05, 0) is 66.5 Å². The molecule has 0 saturated carbocycles. The largest absolute Gasteiger partial charge is 0.295 e. The van der Waals surface area contributed by atoms with Crippen LogP contribution < -0.4 is 4.72 Å². The van der Waals surface area contributed by atoms with E-state index in [0.29, 0.717) is 6.07 Å². The molecule has 1 aromatic carbocycles. The molecule has 0 radical (unpaired) electrons. The van der Waals surface area contributed by atoms with E-state index < -0.39 is 26.6 Å². The summed E-state index contributed by atoms with van der Waals surface area (Å²) in [6.45, 7) is 1.92. The van der Waals surface area contributed by atoms with E-state index in [2.05, 4.69) is 9.62 Å². The fraction of sp³-hybridized carbons (Fsp3) is 0.444.